The van der Waals surface area contributed by atoms with Crippen LogP contribution in [-0.4, -0.2) is 22.8 Å². The molecule has 2 aliphatic heterocycles. The molecule has 0 radical (unpaired) electrons. The Morgan fingerprint density at radius 2 is 1.63 bits per heavy atom. The van der Waals surface area contributed by atoms with Gasteiger partial charge in [-0.25, -0.2) is 4.39 Å². The zero-order valence-corrected chi connectivity index (χ0v) is 16.7. The summed E-state index contributed by atoms with van der Waals surface area (Å²) in [6.07, 6.45) is -0.113. The van der Waals surface area contributed by atoms with Gasteiger partial charge in [-0.05, 0) is 48.9 Å². The van der Waals surface area contributed by atoms with E-state index in [-0.39, 0.29) is 23.7 Å². The highest BCUT2D eigenvalue weighted by atomic mass is 19.4. The molecule has 0 saturated carbocycles. The fourth-order valence-electron chi connectivity index (χ4n) is 5.04. The van der Waals surface area contributed by atoms with E-state index in [1.54, 1.807) is 0 Å². The summed E-state index contributed by atoms with van der Waals surface area (Å²) in [6, 6.07) is 13.8. The lowest BCUT2D eigenvalue weighted by Gasteiger charge is -2.48. The van der Waals surface area contributed by atoms with Crippen molar-refractivity contribution >= 4 is 5.78 Å². The Morgan fingerprint density at radius 3 is 2.27 bits per heavy atom. The number of nitrogens with zero attached hydrogens (tertiary/aromatic N) is 1. The number of carbonyl (C=O) groups excluding carboxylic acids is 1. The van der Waals surface area contributed by atoms with Crippen LogP contribution in [0.2, 0.25) is 0 Å². The summed E-state index contributed by atoms with van der Waals surface area (Å²) in [5.74, 6) is -1.49. The molecule has 0 aliphatic carbocycles. The molecule has 0 amide bonds. The maximum absolute atomic E-state index is 13.5. The van der Waals surface area contributed by atoms with Crippen molar-refractivity contribution in [3.8, 4) is 0 Å². The van der Waals surface area contributed by atoms with Crippen LogP contribution in [-0.2, 0) is 23.9 Å². The number of piperidine rings is 2. The molecule has 2 fully saturated rings. The van der Waals surface area contributed by atoms with Crippen LogP contribution in [0, 0.1) is 11.7 Å². The molecule has 0 N–H and O–H groups in total. The minimum absolute atomic E-state index is 0.0361. The van der Waals surface area contributed by atoms with Gasteiger partial charge in [0.25, 0.3) is 0 Å². The molecule has 160 valence electrons. The van der Waals surface area contributed by atoms with Crippen LogP contribution < -0.4 is 0 Å². The van der Waals surface area contributed by atoms with E-state index < -0.39 is 17.6 Å². The molecule has 0 aromatic heterocycles. The molecule has 2 aromatic rings. The summed E-state index contributed by atoms with van der Waals surface area (Å²) in [4.78, 5) is 15.4. The summed E-state index contributed by atoms with van der Waals surface area (Å²) in [5, 5.41) is 0. The van der Waals surface area contributed by atoms with Crippen molar-refractivity contribution in [2.75, 3.05) is 0 Å². The molecule has 2 aromatic carbocycles. The van der Waals surface area contributed by atoms with Crippen molar-refractivity contribution in [3.63, 3.8) is 0 Å². The van der Waals surface area contributed by atoms with Gasteiger partial charge in [0.2, 0.25) is 0 Å². The zero-order valence-electron chi connectivity index (χ0n) is 16.7. The maximum Gasteiger partial charge on any atom is 0.419 e. The molecule has 2 heterocycles. The van der Waals surface area contributed by atoms with Gasteiger partial charge >= 0.3 is 6.18 Å². The van der Waals surface area contributed by atoms with Crippen LogP contribution in [0.5, 0.6) is 0 Å². The van der Waals surface area contributed by atoms with Crippen molar-refractivity contribution in [1.29, 1.82) is 0 Å². The first-order valence-electron chi connectivity index (χ1n) is 10.5. The predicted octanol–water partition coefficient (Wildman–Crippen LogP) is 5.79. The molecule has 6 heteroatoms. The molecule has 2 unspecified atom stereocenters. The van der Waals surface area contributed by atoms with Crippen molar-refractivity contribution in [2.45, 2.75) is 63.3 Å². The Kier molecular flexibility index (Phi) is 5.96. The first-order valence-corrected chi connectivity index (χ1v) is 10.5. The molecule has 2 saturated heterocycles. The Balaban J connectivity index is 1.44. The second-order valence-corrected chi connectivity index (χ2v) is 8.52. The number of rotatable bonds is 5. The lowest BCUT2D eigenvalue weighted by atomic mass is 9.75. The van der Waals surface area contributed by atoms with Gasteiger partial charge in [0, 0.05) is 31.0 Å². The SMILES string of the molecule is O=C(Cc1ccc(F)c(C(F)(F)F)c1)C1CC2CCCC(C1)N2Cc1ccccc1. The van der Waals surface area contributed by atoms with Gasteiger partial charge < -0.3 is 0 Å². The van der Waals surface area contributed by atoms with Crippen LogP contribution in [0.1, 0.15) is 48.8 Å². The minimum Gasteiger partial charge on any atom is -0.299 e. The normalized spacial score (nSPS) is 24.6. The Hall–Kier alpha value is -2.21. The number of halogens is 4. The Morgan fingerprint density at radius 1 is 0.967 bits per heavy atom. The number of ketones is 1. The Labute approximate surface area is 173 Å². The highest BCUT2D eigenvalue weighted by molar-refractivity contribution is 5.83. The number of carbonyl (C=O) groups is 1. The molecule has 2 bridgehead atoms. The molecule has 0 spiro atoms. The van der Waals surface area contributed by atoms with Gasteiger partial charge in [-0.3, -0.25) is 9.69 Å². The van der Waals surface area contributed by atoms with E-state index in [1.807, 2.05) is 18.2 Å². The molecular formula is C24H25F4NO. The first-order chi connectivity index (χ1) is 14.3. The van der Waals surface area contributed by atoms with Crippen LogP contribution in [0.3, 0.4) is 0 Å². The van der Waals surface area contributed by atoms with Gasteiger partial charge in [-0.1, -0.05) is 42.8 Å². The van der Waals surface area contributed by atoms with Gasteiger partial charge in [-0.15, -0.1) is 0 Å². The average Bonchev–Trinajstić information content (AvgIpc) is 2.69. The molecule has 2 nitrogen and oxygen atoms in total. The van der Waals surface area contributed by atoms with E-state index in [4.69, 9.17) is 0 Å². The van der Waals surface area contributed by atoms with Gasteiger partial charge in [0.05, 0.1) is 5.56 Å². The third kappa shape index (κ3) is 4.59. The van der Waals surface area contributed by atoms with Gasteiger partial charge in [-0.2, -0.15) is 13.2 Å². The van der Waals surface area contributed by atoms with Gasteiger partial charge in [0.15, 0.2) is 0 Å². The lowest BCUT2D eigenvalue weighted by Crippen LogP contribution is -2.52. The fraction of sp³-hybridized carbons (Fsp3) is 0.458. The molecule has 30 heavy (non-hydrogen) atoms. The third-order valence-corrected chi connectivity index (χ3v) is 6.50. The van der Waals surface area contributed by atoms with Crippen LogP contribution in [0.15, 0.2) is 48.5 Å². The van der Waals surface area contributed by atoms with Crippen molar-refractivity contribution < 1.29 is 22.4 Å². The summed E-state index contributed by atoms with van der Waals surface area (Å²) < 4.78 is 52.4. The smallest absolute Gasteiger partial charge is 0.299 e. The van der Waals surface area contributed by atoms with Crippen molar-refractivity contribution in [3.05, 3.63) is 71.0 Å². The van der Waals surface area contributed by atoms with Crippen molar-refractivity contribution in [2.24, 2.45) is 5.92 Å². The highest BCUT2D eigenvalue weighted by Crippen LogP contribution is 2.39. The molecule has 4 rings (SSSR count). The summed E-state index contributed by atoms with van der Waals surface area (Å²) in [6.45, 7) is 0.865. The number of benzene rings is 2. The van der Waals surface area contributed by atoms with Crippen LogP contribution >= 0.6 is 0 Å². The lowest BCUT2D eigenvalue weighted by molar-refractivity contribution is -0.140. The summed E-state index contributed by atoms with van der Waals surface area (Å²) in [7, 11) is 0. The molecular weight excluding hydrogens is 394 g/mol. The topological polar surface area (TPSA) is 20.3 Å². The van der Waals surface area contributed by atoms with Crippen LogP contribution in [0.4, 0.5) is 17.6 Å². The Bertz CT molecular complexity index is 882. The number of alkyl halides is 3. The predicted molar refractivity (Wildman–Crippen MR) is 106 cm³/mol. The molecule has 2 atom stereocenters. The highest BCUT2D eigenvalue weighted by Gasteiger charge is 2.40. The molecule has 2 aliphatic rings. The second-order valence-electron chi connectivity index (χ2n) is 8.52. The van der Waals surface area contributed by atoms with Gasteiger partial charge in [0.1, 0.15) is 11.6 Å². The zero-order chi connectivity index (χ0) is 21.3. The van der Waals surface area contributed by atoms with E-state index in [9.17, 15) is 22.4 Å². The maximum atomic E-state index is 13.5. The van der Waals surface area contributed by atoms with E-state index in [0.717, 1.165) is 50.8 Å². The average molecular weight is 419 g/mol. The minimum atomic E-state index is -4.76. The summed E-state index contributed by atoms with van der Waals surface area (Å²) in [5.41, 5.74) is 0.179. The summed E-state index contributed by atoms with van der Waals surface area (Å²) >= 11 is 0. The number of hydrogen-bond acceptors (Lipinski definition) is 2. The van der Waals surface area contributed by atoms with E-state index in [0.29, 0.717) is 12.1 Å². The number of hydrogen-bond donors (Lipinski definition) is 0. The standard InChI is InChI=1S/C24H25F4NO/c25-22-10-9-17(11-21(22)24(26,27)28)12-23(30)18-13-19-7-4-8-20(14-18)29(19)15-16-5-2-1-3-6-16/h1-3,5-6,9-11,18-20H,4,7-8,12-15H2. The fourth-order valence-corrected chi connectivity index (χ4v) is 5.04. The monoisotopic (exact) mass is 419 g/mol. The van der Waals surface area contributed by atoms with Crippen LogP contribution in [0.25, 0.3) is 0 Å². The number of fused-ring (bicyclic) bond motifs is 2. The quantitative estimate of drug-likeness (QED) is 0.572. The van der Waals surface area contributed by atoms with E-state index in [2.05, 4.69) is 17.0 Å². The second kappa shape index (κ2) is 8.50. The first kappa shape index (κ1) is 21.0. The number of Topliss-reactive ketones (excluding diaryl/α,β-unsaturated/α-hetero) is 1. The van der Waals surface area contributed by atoms with Crippen molar-refractivity contribution in [1.82, 2.24) is 4.90 Å². The van der Waals surface area contributed by atoms with E-state index in [1.165, 1.54) is 11.6 Å². The van der Waals surface area contributed by atoms with E-state index >= 15 is 0 Å². The largest absolute Gasteiger partial charge is 0.419 e. The third-order valence-electron chi connectivity index (χ3n) is 6.50.